The lowest BCUT2D eigenvalue weighted by atomic mass is 9.97. The standard InChI is InChI=1S/C33H33ClFN4O4P/c1-33(2)19-41-44(42-20-33)13-12-36-17-26-8-11-30(43-26)23-6-9-29-27(15-23)32(38-21-37-29)39-25-7-10-31(28(34)16-25)40-18-22-4-3-5-24(35)14-22/h3-11,14-16,21,36H,12-13,17-20H2,1-2H3,(H,37,38,39). The molecular formula is C33H33ClFN4O4P. The quantitative estimate of drug-likeness (QED) is 0.110. The number of hydrogen-bond donors (Lipinski definition) is 2. The van der Waals surface area contributed by atoms with Gasteiger partial charge in [-0.25, -0.2) is 14.4 Å². The van der Waals surface area contributed by atoms with Gasteiger partial charge in [-0.05, 0) is 66.2 Å². The predicted octanol–water partition coefficient (Wildman–Crippen LogP) is 8.48. The summed E-state index contributed by atoms with van der Waals surface area (Å²) in [5.74, 6) is 2.43. The molecule has 3 heterocycles. The predicted molar refractivity (Wildman–Crippen MR) is 172 cm³/mol. The minimum Gasteiger partial charge on any atom is -0.487 e. The van der Waals surface area contributed by atoms with Gasteiger partial charge >= 0.3 is 0 Å². The number of rotatable bonds is 11. The SMILES string of the molecule is CC1(C)COP(CCNCc2ccc(-c3ccc4ncnc(Nc5ccc(OCc6cccc(F)c6)c(Cl)c5)c4c3)o2)OC1. The number of benzene rings is 3. The number of anilines is 2. The van der Waals surface area contributed by atoms with Crippen LogP contribution in [-0.2, 0) is 22.2 Å². The first kappa shape index (κ1) is 30.4. The van der Waals surface area contributed by atoms with Crippen molar-refractivity contribution in [3.05, 3.63) is 101 Å². The van der Waals surface area contributed by atoms with Gasteiger partial charge in [0.05, 0.1) is 30.3 Å². The maximum absolute atomic E-state index is 13.5. The molecule has 0 unspecified atom stereocenters. The molecule has 0 aliphatic carbocycles. The van der Waals surface area contributed by atoms with Gasteiger partial charge in [-0.1, -0.05) is 37.6 Å². The largest absolute Gasteiger partial charge is 0.487 e. The van der Waals surface area contributed by atoms with Crippen LogP contribution in [0.2, 0.25) is 5.02 Å². The Kier molecular flexibility index (Phi) is 9.40. The van der Waals surface area contributed by atoms with Crippen molar-refractivity contribution in [3.63, 3.8) is 0 Å². The van der Waals surface area contributed by atoms with E-state index in [1.807, 2.05) is 36.4 Å². The van der Waals surface area contributed by atoms with Gasteiger partial charge in [-0.3, -0.25) is 0 Å². The van der Waals surface area contributed by atoms with E-state index < -0.39 is 8.38 Å². The molecule has 2 N–H and O–H groups in total. The average Bonchev–Trinajstić information content (AvgIpc) is 3.49. The third-order valence-electron chi connectivity index (χ3n) is 7.03. The Morgan fingerprint density at radius 2 is 1.86 bits per heavy atom. The molecule has 0 atom stereocenters. The summed E-state index contributed by atoms with van der Waals surface area (Å²) >= 11 is 6.51. The summed E-state index contributed by atoms with van der Waals surface area (Å²) in [5.41, 5.74) is 3.24. The molecule has 1 fully saturated rings. The van der Waals surface area contributed by atoms with Crippen molar-refractivity contribution in [1.29, 1.82) is 0 Å². The normalized spacial score (nSPS) is 15.0. The van der Waals surface area contributed by atoms with Gasteiger partial charge in [0, 0.05) is 34.8 Å². The zero-order chi connectivity index (χ0) is 30.5. The molecule has 0 radical (unpaired) electrons. The summed E-state index contributed by atoms with van der Waals surface area (Å²) in [6, 6.07) is 21.6. The number of halogens is 2. The first-order valence-electron chi connectivity index (χ1n) is 14.3. The van der Waals surface area contributed by atoms with Gasteiger partial charge in [-0.2, -0.15) is 0 Å². The molecule has 11 heteroatoms. The molecule has 1 aliphatic heterocycles. The second kappa shape index (κ2) is 13.6. The van der Waals surface area contributed by atoms with E-state index in [2.05, 4.69) is 34.4 Å². The van der Waals surface area contributed by atoms with Crippen molar-refractivity contribution in [2.24, 2.45) is 5.41 Å². The van der Waals surface area contributed by atoms with Crippen LogP contribution < -0.4 is 15.4 Å². The number of furan rings is 1. The van der Waals surface area contributed by atoms with E-state index in [0.29, 0.717) is 23.1 Å². The summed E-state index contributed by atoms with van der Waals surface area (Å²) in [4.78, 5) is 8.91. The van der Waals surface area contributed by atoms with Crippen LogP contribution in [0.3, 0.4) is 0 Å². The molecule has 6 rings (SSSR count). The smallest absolute Gasteiger partial charge is 0.171 e. The Morgan fingerprint density at radius 1 is 1.00 bits per heavy atom. The third-order valence-corrected chi connectivity index (χ3v) is 8.75. The number of nitrogens with one attached hydrogen (secondary N) is 2. The molecule has 8 nitrogen and oxygen atoms in total. The number of aromatic nitrogens is 2. The van der Waals surface area contributed by atoms with Gasteiger partial charge in [0.2, 0.25) is 0 Å². The molecule has 44 heavy (non-hydrogen) atoms. The highest BCUT2D eigenvalue weighted by atomic mass is 35.5. The highest BCUT2D eigenvalue weighted by molar-refractivity contribution is 7.47. The van der Waals surface area contributed by atoms with E-state index in [-0.39, 0.29) is 17.8 Å². The maximum atomic E-state index is 13.5. The van der Waals surface area contributed by atoms with Gasteiger partial charge in [0.25, 0.3) is 0 Å². The van der Waals surface area contributed by atoms with E-state index >= 15 is 0 Å². The first-order chi connectivity index (χ1) is 21.3. The number of hydrogen-bond acceptors (Lipinski definition) is 8. The van der Waals surface area contributed by atoms with E-state index in [1.165, 1.54) is 18.5 Å². The monoisotopic (exact) mass is 634 g/mol. The number of fused-ring (bicyclic) bond motifs is 1. The summed E-state index contributed by atoms with van der Waals surface area (Å²) in [6.45, 7) is 7.38. The van der Waals surface area contributed by atoms with Crippen LogP contribution in [-0.4, -0.2) is 35.9 Å². The second-order valence-corrected chi connectivity index (χ2v) is 13.4. The molecule has 0 amide bonds. The van der Waals surface area contributed by atoms with Crippen LogP contribution in [0, 0.1) is 11.2 Å². The number of nitrogens with zero attached hydrogens (tertiary/aromatic N) is 2. The molecule has 3 aromatic carbocycles. The molecule has 228 valence electrons. The highest BCUT2D eigenvalue weighted by Crippen LogP contribution is 2.45. The van der Waals surface area contributed by atoms with Crippen LogP contribution in [0.25, 0.3) is 22.2 Å². The van der Waals surface area contributed by atoms with Crippen LogP contribution in [0.4, 0.5) is 15.9 Å². The fraction of sp³-hybridized carbons (Fsp3) is 0.273. The first-order valence-corrected chi connectivity index (χ1v) is 16.1. The molecule has 2 aromatic heterocycles. The Hall–Kier alpha value is -3.59. The molecule has 5 aromatic rings. The van der Waals surface area contributed by atoms with Crippen LogP contribution in [0.15, 0.2) is 83.5 Å². The lowest BCUT2D eigenvalue weighted by molar-refractivity contribution is 0.0618. The van der Waals surface area contributed by atoms with Crippen molar-refractivity contribution in [3.8, 4) is 17.1 Å². The summed E-state index contributed by atoms with van der Waals surface area (Å²) < 4.78 is 37.2. The van der Waals surface area contributed by atoms with E-state index in [0.717, 1.165) is 65.2 Å². The topological polar surface area (TPSA) is 90.7 Å². The third kappa shape index (κ3) is 7.73. The fourth-order valence-corrected chi connectivity index (χ4v) is 6.54. The van der Waals surface area contributed by atoms with E-state index in [9.17, 15) is 4.39 Å². The maximum Gasteiger partial charge on any atom is 0.171 e. The summed E-state index contributed by atoms with van der Waals surface area (Å²) in [6.07, 6.45) is 2.36. The Labute approximate surface area is 261 Å². The van der Waals surface area contributed by atoms with Crippen molar-refractivity contribution >= 4 is 42.4 Å². The molecule has 1 aliphatic rings. The zero-order valence-corrected chi connectivity index (χ0v) is 26.1. The van der Waals surface area contributed by atoms with Crippen molar-refractivity contribution < 1.29 is 22.6 Å². The zero-order valence-electron chi connectivity index (χ0n) is 24.5. The van der Waals surface area contributed by atoms with Gasteiger partial charge in [0.1, 0.15) is 41.8 Å². The highest BCUT2D eigenvalue weighted by Gasteiger charge is 2.28. The molecule has 0 bridgehead atoms. The number of ether oxygens (including phenoxy) is 1. The van der Waals surface area contributed by atoms with Gasteiger partial charge in [-0.15, -0.1) is 0 Å². The van der Waals surface area contributed by atoms with Crippen LogP contribution in [0.1, 0.15) is 25.2 Å². The minimum atomic E-state index is -0.832. The summed E-state index contributed by atoms with van der Waals surface area (Å²) in [5, 5.41) is 8.03. The fourth-order valence-electron chi connectivity index (χ4n) is 4.64. The van der Waals surface area contributed by atoms with Crippen LogP contribution in [0.5, 0.6) is 5.75 Å². The van der Waals surface area contributed by atoms with Crippen LogP contribution >= 0.6 is 20.0 Å². The molecular weight excluding hydrogens is 602 g/mol. The van der Waals surface area contributed by atoms with Crippen molar-refractivity contribution in [1.82, 2.24) is 15.3 Å². The molecule has 1 saturated heterocycles. The lowest BCUT2D eigenvalue weighted by Gasteiger charge is -2.33. The molecule has 0 saturated carbocycles. The lowest BCUT2D eigenvalue weighted by Crippen LogP contribution is -2.29. The average molecular weight is 635 g/mol. The Morgan fingerprint density at radius 3 is 2.68 bits per heavy atom. The van der Waals surface area contributed by atoms with Crippen molar-refractivity contribution in [2.45, 2.75) is 27.0 Å². The summed E-state index contributed by atoms with van der Waals surface area (Å²) in [7, 11) is -0.832. The van der Waals surface area contributed by atoms with Crippen molar-refractivity contribution in [2.75, 3.05) is 31.2 Å². The Bertz CT molecular complexity index is 1740. The van der Waals surface area contributed by atoms with Gasteiger partial charge < -0.3 is 28.8 Å². The minimum absolute atomic E-state index is 0.0878. The van der Waals surface area contributed by atoms with E-state index in [4.69, 9.17) is 29.8 Å². The molecule has 0 spiro atoms. The Balaban J connectivity index is 1.08. The second-order valence-electron chi connectivity index (χ2n) is 11.4. The van der Waals surface area contributed by atoms with Gasteiger partial charge in [0.15, 0.2) is 8.38 Å². The van der Waals surface area contributed by atoms with E-state index in [1.54, 1.807) is 24.3 Å².